The van der Waals surface area contributed by atoms with Gasteiger partial charge in [0, 0.05) is 28.5 Å². The Hall–Kier alpha value is -6.88. The summed E-state index contributed by atoms with van der Waals surface area (Å²) in [6, 6.07) is 61.4. The number of rotatable bonds is 4. The molecule has 0 aliphatic rings. The fraction of sp³-hybridized carbons (Fsp3) is 0.0400. The number of aromatic hydroxyl groups is 1. The summed E-state index contributed by atoms with van der Waals surface area (Å²) in [6.45, 7) is 1.93. The van der Waals surface area contributed by atoms with Gasteiger partial charge in [0.2, 0.25) is 0 Å². The summed E-state index contributed by atoms with van der Waals surface area (Å²) in [6.07, 6.45) is 0. The van der Waals surface area contributed by atoms with Crippen molar-refractivity contribution >= 4 is 54.1 Å². The molecule has 10 aromatic rings. The molecule has 2 aromatic heterocycles. The molecule has 8 aromatic carbocycles. The summed E-state index contributed by atoms with van der Waals surface area (Å²) in [7, 11) is 0. The van der Waals surface area contributed by atoms with E-state index in [9.17, 15) is 5.11 Å². The highest BCUT2D eigenvalue weighted by molar-refractivity contribution is 6.23. The van der Waals surface area contributed by atoms with Crippen molar-refractivity contribution in [1.82, 2.24) is 9.97 Å². The van der Waals surface area contributed by atoms with Crippen LogP contribution in [0.25, 0.3) is 98.9 Å². The number of aliphatic hydroxyl groups excluding tert-OH is 1. The van der Waals surface area contributed by atoms with E-state index in [1.165, 1.54) is 49.0 Å². The first-order valence-electron chi connectivity index (χ1n) is 18.2. The molecule has 2 heterocycles. The quantitative estimate of drug-likeness (QED) is 0.142. The first-order chi connectivity index (χ1) is 26.6. The average molecular weight is 697 g/mol. The molecule has 0 aliphatic carbocycles. The standard InChI is InChI=1S/C48H30N2O.C2H6O/c51-44-19-8-7-17-41(44)43-29-27-34-25-24-33-26-28-42(49-47(33)48(34)50-43)31-20-22-32(23-21-31)45-37-13-3-5-15-39(37)46(40-16-6-4-14-38(40)45)36-18-9-11-30-10-1-2-12-35(30)36;1-2-3/h1-29,51H;3H,2H2,1H3. The van der Waals surface area contributed by atoms with E-state index < -0.39 is 0 Å². The second-order valence-corrected chi connectivity index (χ2v) is 13.4. The monoisotopic (exact) mass is 696 g/mol. The van der Waals surface area contributed by atoms with E-state index in [0.717, 1.165) is 44.3 Å². The Kier molecular flexibility index (Phi) is 8.51. The fourth-order valence-corrected chi connectivity index (χ4v) is 7.75. The molecule has 0 bridgehead atoms. The van der Waals surface area contributed by atoms with Gasteiger partial charge in [-0.1, -0.05) is 152 Å². The van der Waals surface area contributed by atoms with Gasteiger partial charge in [-0.3, -0.25) is 0 Å². The summed E-state index contributed by atoms with van der Waals surface area (Å²) in [5.41, 5.74) is 9.91. The van der Waals surface area contributed by atoms with Crippen molar-refractivity contribution in [3.63, 3.8) is 0 Å². The van der Waals surface area contributed by atoms with Gasteiger partial charge >= 0.3 is 0 Å². The van der Waals surface area contributed by atoms with Crippen LogP contribution in [-0.4, -0.2) is 26.8 Å². The Morgan fingerprint density at radius 3 is 1.46 bits per heavy atom. The molecular formula is C50H36N2O2. The van der Waals surface area contributed by atoms with Crippen LogP contribution in [-0.2, 0) is 0 Å². The van der Waals surface area contributed by atoms with Gasteiger partial charge in [0.15, 0.2) is 0 Å². The number of benzene rings is 8. The van der Waals surface area contributed by atoms with E-state index in [-0.39, 0.29) is 12.4 Å². The Morgan fingerprint density at radius 1 is 0.389 bits per heavy atom. The van der Waals surface area contributed by atoms with E-state index in [1.54, 1.807) is 13.0 Å². The van der Waals surface area contributed by atoms with E-state index in [0.29, 0.717) is 5.56 Å². The Morgan fingerprint density at radius 2 is 0.833 bits per heavy atom. The lowest BCUT2D eigenvalue weighted by Gasteiger charge is -2.19. The Bertz CT molecular complexity index is 2940. The van der Waals surface area contributed by atoms with Crippen LogP contribution in [0.3, 0.4) is 0 Å². The number of nitrogens with zero attached hydrogens (tertiary/aromatic N) is 2. The highest BCUT2D eigenvalue weighted by Crippen LogP contribution is 2.45. The van der Waals surface area contributed by atoms with Crippen molar-refractivity contribution in [2.75, 3.05) is 6.61 Å². The summed E-state index contributed by atoms with van der Waals surface area (Å²) in [5.74, 6) is 0.210. The summed E-state index contributed by atoms with van der Waals surface area (Å²) in [5, 5.41) is 27.6. The van der Waals surface area contributed by atoms with Gasteiger partial charge < -0.3 is 10.2 Å². The summed E-state index contributed by atoms with van der Waals surface area (Å²) in [4.78, 5) is 10.2. The molecule has 2 N–H and O–H groups in total. The van der Waals surface area contributed by atoms with Crippen LogP contribution in [0.5, 0.6) is 5.75 Å². The topological polar surface area (TPSA) is 66.2 Å². The number of hydrogen-bond acceptors (Lipinski definition) is 4. The highest BCUT2D eigenvalue weighted by atomic mass is 16.3. The molecule has 0 spiro atoms. The minimum atomic E-state index is 0.210. The number of hydrogen-bond donors (Lipinski definition) is 2. The molecule has 0 saturated carbocycles. The molecule has 0 aliphatic heterocycles. The third kappa shape index (κ3) is 5.70. The molecule has 0 unspecified atom stereocenters. The van der Waals surface area contributed by atoms with Crippen LogP contribution in [0.2, 0.25) is 0 Å². The zero-order valence-electron chi connectivity index (χ0n) is 29.7. The minimum Gasteiger partial charge on any atom is -0.507 e. The van der Waals surface area contributed by atoms with Gasteiger partial charge in [-0.05, 0) is 85.8 Å². The van der Waals surface area contributed by atoms with Gasteiger partial charge in [-0.15, -0.1) is 0 Å². The lowest BCUT2D eigenvalue weighted by atomic mass is 9.84. The number of para-hydroxylation sites is 1. The molecule has 54 heavy (non-hydrogen) atoms. The lowest BCUT2D eigenvalue weighted by molar-refractivity contribution is 0.318. The second kappa shape index (κ2) is 13.9. The number of phenolic OH excluding ortho intramolecular Hbond substituents is 1. The van der Waals surface area contributed by atoms with Crippen LogP contribution < -0.4 is 0 Å². The number of pyridine rings is 2. The maximum absolute atomic E-state index is 10.5. The molecule has 0 saturated heterocycles. The van der Waals surface area contributed by atoms with Crippen molar-refractivity contribution < 1.29 is 10.2 Å². The molecule has 258 valence electrons. The Labute approximate surface area is 313 Å². The maximum atomic E-state index is 10.5. The molecule has 0 atom stereocenters. The number of phenols is 1. The predicted octanol–water partition coefficient (Wildman–Crippen LogP) is 12.6. The van der Waals surface area contributed by atoms with Crippen molar-refractivity contribution in [3.05, 3.63) is 176 Å². The SMILES string of the molecule is CCO.Oc1ccccc1-c1ccc2ccc3ccc(-c4ccc(-c5c6ccccc6c(-c6cccc7ccccc67)c6ccccc56)cc4)nc3c2n1. The highest BCUT2D eigenvalue weighted by Gasteiger charge is 2.18. The number of aliphatic hydroxyl groups is 1. The molecular weight excluding hydrogens is 661 g/mol. The van der Waals surface area contributed by atoms with E-state index >= 15 is 0 Å². The Balaban J connectivity index is 0.00000124. The largest absolute Gasteiger partial charge is 0.507 e. The minimum absolute atomic E-state index is 0.210. The lowest BCUT2D eigenvalue weighted by Crippen LogP contribution is -1.92. The number of fused-ring (bicyclic) bond motifs is 6. The maximum Gasteiger partial charge on any atom is 0.124 e. The molecule has 0 amide bonds. The van der Waals surface area contributed by atoms with Crippen molar-refractivity contribution in [3.8, 4) is 50.5 Å². The molecule has 4 nitrogen and oxygen atoms in total. The first kappa shape index (κ1) is 33.0. The van der Waals surface area contributed by atoms with E-state index in [4.69, 9.17) is 15.1 Å². The predicted molar refractivity (Wildman–Crippen MR) is 226 cm³/mol. The molecule has 4 heteroatoms. The van der Waals surface area contributed by atoms with Gasteiger partial charge in [0.25, 0.3) is 0 Å². The van der Waals surface area contributed by atoms with Crippen molar-refractivity contribution in [1.29, 1.82) is 0 Å². The van der Waals surface area contributed by atoms with Crippen LogP contribution in [0, 0.1) is 0 Å². The van der Waals surface area contributed by atoms with Gasteiger partial charge in [-0.25, -0.2) is 9.97 Å². The van der Waals surface area contributed by atoms with Crippen LogP contribution >= 0.6 is 0 Å². The van der Waals surface area contributed by atoms with Crippen LogP contribution in [0.15, 0.2) is 176 Å². The third-order valence-corrected chi connectivity index (χ3v) is 10.2. The third-order valence-electron chi connectivity index (χ3n) is 10.2. The average Bonchev–Trinajstić information content (AvgIpc) is 3.23. The molecule has 0 fully saturated rings. The number of aromatic nitrogens is 2. The first-order valence-corrected chi connectivity index (χ1v) is 18.2. The smallest absolute Gasteiger partial charge is 0.124 e. The van der Waals surface area contributed by atoms with Gasteiger partial charge in [-0.2, -0.15) is 0 Å². The van der Waals surface area contributed by atoms with Crippen LogP contribution in [0.1, 0.15) is 6.92 Å². The molecule has 10 rings (SSSR count). The van der Waals surface area contributed by atoms with Gasteiger partial charge in [0.05, 0.1) is 22.4 Å². The second-order valence-electron chi connectivity index (χ2n) is 13.4. The van der Waals surface area contributed by atoms with E-state index in [2.05, 4.69) is 140 Å². The van der Waals surface area contributed by atoms with Crippen molar-refractivity contribution in [2.45, 2.75) is 6.92 Å². The van der Waals surface area contributed by atoms with Crippen molar-refractivity contribution in [2.24, 2.45) is 0 Å². The van der Waals surface area contributed by atoms with Crippen LogP contribution in [0.4, 0.5) is 0 Å². The summed E-state index contributed by atoms with van der Waals surface area (Å²) < 4.78 is 0. The fourth-order valence-electron chi connectivity index (χ4n) is 7.75. The zero-order chi connectivity index (χ0) is 36.6. The normalized spacial score (nSPS) is 11.3. The zero-order valence-corrected chi connectivity index (χ0v) is 29.7. The van der Waals surface area contributed by atoms with E-state index in [1.807, 2.05) is 30.3 Å². The summed E-state index contributed by atoms with van der Waals surface area (Å²) >= 11 is 0. The van der Waals surface area contributed by atoms with Gasteiger partial charge in [0.1, 0.15) is 5.75 Å². The molecule has 0 radical (unpaired) electrons.